The molecule has 0 aromatic heterocycles. The summed E-state index contributed by atoms with van der Waals surface area (Å²) >= 11 is 0. The standard InChI is InChI=1S/C10H14N4O2/c1-2-4-9(5-6-11)10(15)16-8-3-7-13-14-12/h2,4-6,11H,3,7-8H2,1H3/b4-2-,9-5+,11-6?. The first kappa shape index (κ1) is 13.9. The third kappa shape index (κ3) is 6.39. The molecule has 6 nitrogen and oxygen atoms in total. The zero-order chi connectivity index (χ0) is 12.2. The van der Waals surface area contributed by atoms with Crippen molar-refractivity contribution >= 4 is 12.2 Å². The third-order valence-electron chi connectivity index (χ3n) is 1.54. The summed E-state index contributed by atoms with van der Waals surface area (Å²) in [4.78, 5) is 14.0. The summed E-state index contributed by atoms with van der Waals surface area (Å²) in [6.07, 6.45) is 6.13. The van der Waals surface area contributed by atoms with Crippen LogP contribution < -0.4 is 0 Å². The van der Waals surface area contributed by atoms with Crippen LogP contribution in [0.25, 0.3) is 10.4 Å². The molecule has 0 radical (unpaired) electrons. The molecule has 0 unspecified atom stereocenters. The first-order valence-corrected chi connectivity index (χ1v) is 4.77. The molecule has 0 atom stereocenters. The summed E-state index contributed by atoms with van der Waals surface area (Å²) in [5, 5.41) is 10.2. The summed E-state index contributed by atoms with van der Waals surface area (Å²) < 4.78 is 4.91. The number of carbonyl (C=O) groups is 1. The fraction of sp³-hybridized carbons (Fsp3) is 0.400. The monoisotopic (exact) mass is 222 g/mol. The summed E-state index contributed by atoms with van der Waals surface area (Å²) in [6, 6.07) is 0. The lowest BCUT2D eigenvalue weighted by molar-refractivity contribution is -0.138. The molecule has 0 heterocycles. The Bertz CT molecular complexity index is 341. The number of azide groups is 1. The maximum absolute atomic E-state index is 11.4. The van der Waals surface area contributed by atoms with E-state index in [9.17, 15) is 4.79 Å². The van der Waals surface area contributed by atoms with Gasteiger partial charge in [-0.3, -0.25) is 0 Å². The molecule has 1 N–H and O–H groups in total. The highest BCUT2D eigenvalue weighted by molar-refractivity contribution is 5.95. The molecule has 86 valence electrons. The molecule has 0 aromatic carbocycles. The normalized spacial score (nSPS) is 10.9. The van der Waals surface area contributed by atoms with Gasteiger partial charge in [-0.15, -0.1) is 0 Å². The molecule has 0 aliphatic rings. The van der Waals surface area contributed by atoms with Crippen molar-refractivity contribution < 1.29 is 9.53 Å². The molecule has 6 heteroatoms. The van der Waals surface area contributed by atoms with E-state index < -0.39 is 5.97 Å². The highest BCUT2D eigenvalue weighted by atomic mass is 16.5. The molecule has 0 spiro atoms. The zero-order valence-corrected chi connectivity index (χ0v) is 9.09. The highest BCUT2D eigenvalue weighted by Gasteiger charge is 2.06. The van der Waals surface area contributed by atoms with Crippen LogP contribution in [-0.4, -0.2) is 25.3 Å². The van der Waals surface area contributed by atoms with Crippen LogP contribution in [0.3, 0.4) is 0 Å². The van der Waals surface area contributed by atoms with Crippen molar-refractivity contribution in [3.05, 3.63) is 34.2 Å². The number of ether oxygens (including phenoxy) is 1. The average molecular weight is 222 g/mol. The quantitative estimate of drug-likeness (QED) is 0.104. The number of hydrogen-bond acceptors (Lipinski definition) is 4. The van der Waals surface area contributed by atoms with Crippen LogP contribution in [0.2, 0.25) is 0 Å². The minimum absolute atomic E-state index is 0.199. The van der Waals surface area contributed by atoms with E-state index >= 15 is 0 Å². The number of esters is 1. The summed E-state index contributed by atoms with van der Waals surface area (Å²) in [5.41, 5.74) is 8.33. The fourth-order valence-electron chi connectivity index (χ4n) is 0.889. The van der Waals surface area contributed by atoms with Crippen LogP contribution in [0.15, 0.2) is 28.9 Å². The van der Waals surface area contributed by atoms with Gasteiger partial charge in [-0.25, -0.2) is 4.79 Å². The van der Waals surface area contributed by atoms with Crippen molar-refractivity contribution in [1.29, 1.82) is 5.41 Å². The van der Waals surface area contributed by atoms with Crippen molar-refractivity contribution in [2.24, 2.45) is 5.11 Å². The Kier molecular flexibility index (Phi) is 8.26. The number of carbonyl (C=O) groups excluding carboxylic acids is 1. The van der Waals surface area contributed by atoms with Gasteiger partial charge in [0.25, 0.3) is 0 Å². The van der Waals surface area contributed by atoms with Crippen LogP contribution >= 0.6 is 0 Å². The van der Waals surface area contributed by atoms with E-state index in [2.05, 4.69) is 10.0 Å². The molecule has 16 heavy (non-hydrogen) atoms. The molecular formula is C10H14N4O2. The van der Waals surface area contributed by atoms with Crippen LogP contribution in [-0.2, 0) is 9.53 Å². The first-order chi connectivity index (χ1) is 7.76. The van der Waals surface area contributed by atoms with Gasteiger partial charge >= 0.3 is 5.97 Å². The van der Waals surface area contributed by atoms with E-state index in [0.717, 1.165) is 6.21 Å². The number of nitrogens with one attached hydrogen (secondary N) is 1. The lowest BCUT2D eigenvalue weighted by Crippen LogP contribution is -2.08. The lowest BCUT2D eigenvalue weighted by Gasteiger charge is -2.03. The molecule has 0 saturated heterocycles. The van der Waals surface area contributed by atoms with Crippen molar-refractivity contribution in [3.63, 3.8) is 0 Å². The molecule has 0 rings (SSSR count). The maximum atomic E-state index is 11.4. The number of nitrogens with zero attached hydrogens (tertiary/aromatic N) is 3. The van der Waals surface area contributed by atoms with Gasteiger partial charge in [0.1, 0.15) is 0 Å². The maximum Gasteiger partial charge on any atom is 0.338 e. The van der Waals surface area contributed by atoms with E-state index in [1.165, 1.54) is 6.08 Å². The van der Waals surface area contributed by atoms with Gasteiger partial charge in [0, 0.05) is 17.7 Å². The Balaban J connectivity index is 4.07. The molecule has 0 aromatic rings. The Labute approximate surface area is 93.7 Å². The van der Waals surface area contributed by atoms with Crippen LogP contribution in [0.5, 0.6) is 0 Å². The molecule has 0 saturated carbocycles. The van der Waals surface area contributed by atoms with Crippen molar-refractivity contribution in [1.82, 2.24) is 0 Å². The van der Waals surface area contributed by atoms with Gasteiger partial charge < -0.3 is 10.1 Å². The average Bonchev–Trinajstić information content (AvgIpc) is 2.28. The molecule has 0 aliphatic carbocycles. The van der Waals surface area contributed by atoms with E-state index in [4.69, 9.17) is 15.7 Å². The third-order valence-corrected chi connectivity index (χ3v) is 1.54. The van der Waals surface area contributed by atoms with Gasteiger partial charge in [-0.1, -0.05) is 17.3 Å². The lowest BCUT2D eigenvalue weighted by atomic mass is 10.2. The van der Waals surface area contributed by atoms with Crippen LogP contribution in [0.4, 0.5) is 0 Å². The fourth-order valence-corrected chi connectivity index (χ4v) is 0.889. The Morgan fingerprint density at radius 2 is 2.38 bits per heavy atom. The first-order valence-electron chi connectivity index (χ1n) is 4.77. The second kappa shape index (κ2) is 9.48. The molecule has 0 bridgehead atoms. The predicted octanol–water partition coefficient (Wildman–Crippen LogP) is 2.38. The minimum atomic E-state index is -0.484. The highest BCUT2D eigenvalue weighted by Crippen LogP contribution is 2.00. The van der Waals surface area contributed by atoms with E-state index in [1.807, 2.05) is 0 Å². The summed E-state index contributed by atoms with van der Waals surface area (Å²) in [7, 11) is 0. The summed E-state index contributed by atoms with van der Waals surface area (Å²) in [6.45, 7) is 2.27. The Morgan fingerprint density at radius 1 is 1.62 bits per heavy atom. The van der Waals surface area contributed by atoms with Gasteiger partial charge in [-0.2, -0.15) is 0 Å². The largest absolute Gasteiger partial charge is 0.462 e. The zero-order valence-electron chi connectivity index (χ0n) is 9.09. The van der Waals surface area contributed by atoms with Gasteiger partial charge in [-0.05, 0) is 25.0 Å². The topological polar surface area (TPSA) is 98.9 Å². The molecular weight excluding hydrogens is 208 g/mol. The van der Waals surface area contributed by atoms with Crippen molar-refractivity contribution in [2.75, 3.05) is 13.2 Å². The Morgan fingerprint density at radius 3 is 2.94 bits per heavy atom. The van der Waals surface area contributed by atoms with Crippen molar-refractivity contribution in [3.8, 4) is 0 Å². The second-order valence-electron chi connectivity index (χ2n) is 2.73. The molecule has 0 aliphatic heterocycles. The minimum Gasteiger partial charge on any atom is -0.462 e. The van der Waals surface area contributed by atoms with Crippen molar-refractivity contribution in [2.45, 2.75) is 13.3 Å². The van der Waals surface area contributed by atoms with E-state index in [-0.39, 0.29) is 6.61 Å². The Hall–Kier alpha value is -2.07. The predicted molar refractivity (Wildman–Crippen MR) is 61.3 cm³/mol. The van der Waals surface area contributed by atoms with E-state index in [1.54, 1.807) is 19.1 Å². The van der Waals surface area contributed by atoms with E-state index in [0.29, 0.717) is 18.5 Å². The smallest absolute Gasteiger partial charge is 0.338 e. The van der Waals surface area contributed by atoms with Gasteiger partial charge in [0.15, 0.2) is 0 Å². The number of hydrogen-bond donors (Lipinski definition) is 1. The van der Waals surface area contributed by atoms with Crippen LogP contribution in [0, 0.1) is 5.41 Å². The molecule has 0 amide bonds. The SMILES string of the molecule is C/C=C\C(=C/C=N)C(=O)OCCCN=[N+]=[N-]. The number of allylic oxidation sites excluding steroid dienone is 2. The van der Waals surface area contributed by atoms with Crippen LogP contribution in [0.1, 0.15) is 13.3 Å². The van der Waals surface area contributed by atoms with Gasteiger partial charge in [0.2, 0.25) is 0 Å². The second-order valence-corrected chi connectivity index (χ2v) is 2.73. The molecule has 0 fully saturated rings. The summed E-state index contributed by atoms with van der Waals surface area (Å²) in [5.74, 6) is -0.484. The van der Waals surface area contributed by atoms with Gasteiger partial charge in [0.05, 0.1) is 12.2 Å². The number of rotatable bonds is 7.